The van der Waals surface area contributed by atoms with E-state index in [0.29, 0.717) is 5.41 Å². The Labute approximate surface area is 111 Å². The number of hydrogen-bond acceptors (Lipinski definition) is 2. The topological polar surface area (TPSA) is 21.3 Å². The summed E-state index contributed by atoms with van der Waals surface area (Å²) in [6, 6.07) is 6.69. The number of rotatable bonds is 6. The Balaban J connectivity index is 2.13. The number of hydrogen-bond donors (Lipinski definition) is 1. The van der Waals surface area contributed by atoms with Gasteiger partial charge in [0.1, 0.15) is 5.75 Å². The Bertz CT molecular complexity index is 408. The van der Waals surface area contributed by atoms with Crippen LogP contribution in [-0.4, -0.2) is 19.2 Å². The van der Waals surface area contributed by atoms with Gasteiger partial charge in [-0.05, 0) is 57.4 Å². The lowest BCUT2D eigenvalue weighted by Gasteiger charge is -2.19. The molecule has 1 aromatic carbocycles. The lowest BCUT2D eigenvalue weighted by atomic mass is 9.94. The standard InChI is InChI=1S/C16H25NO/c1-5-17-11-16(8-9-16)14-6-7-15(13(4)10-14)18-12(2)3/h6-7,10,12,17H,5,8-9,11H2,1-4H3. The molecule has 0 bridgehead atoms. The summed E-state index contributed by atoms with van der Waals surface area (Å²) < 4.78 is 5.80. The SMILES string of the molecule is CCNCC1(c2ccc(OC(C)C)c(C)c2)CC1. The summed E-state index contributed by atoms with van der Waals surface area (Å²) in [5, 5.41) is 3.48. The summed E-state index contributed by atoms with van der Waals surface area (Å²) in [4.78, 5) is 0. The van der Waals surface area contributed by atoms with Crippen molar-refractivity contribution in [2.24, 2.45) is 0 Å². The van der Waals surface area contributed by atoms with E-state index in [1.165, 1.54) is 24.0 Å². The molecule has 0 atom stereocenters. The molecule has 2 rings (SSSR count). The summed E-state index contributed by atoms with van der Waals surface area (Å²) in [6.07, 6.45) is 2.86. The second kappa shape index (κ2) is 5.31. The molecule has 2 heteroatoms. The number of nitrogens with one attached hydrogen (secondary N) is 1. The van der Waals surface area contributed by atoms with Crippen LogP contribution in [-0.2, 0) is 5.41 Å². The van der Waals surface area contributed by atoms with Crippen molar-refractivity contribution >= 4 is 0 Å². The summed E-state index contributed by atoms with van der Waals surface area (Å²) in [5.41, 5.74) is 3.12. The second-order valence-corrected chi connectivity index (χ2v) is 5.71. The van der Waals surface area contributed by atoms with Gasteiger partial charge in [-0.1, -0.05) is 19.1 Å². The van der Waals surface area contributed by atoms with Crippen molar-refractivity contribution in [2.75, 3.05) is 13.1 Å². The van der Waals surface area contributed by atoms with E-state index in [2.05, 4.69) is 51.2 Å². The lowest BCUT2D eigenvalue weighted by Crippen LogP contribution is -2.26. The van der Waals surface area contributed by atoms with Crippen molar-refractivity contribution in [3.63, 3.8) is 0 Å². The van der Waals surface area contributed by atoms with Crippen LogP contribution in [0.2, 0.25) is 0 Å². The Morgan fingerprint density at radius 1 is 1.33 bits per heavy atom. The molecule has 0 unspecified atom stereocenters. The van der Waals surface area contributed by atoms with Crippen molar-refractivity contribution in [1.29, 1.82) is 0 Å². The first-order valence-electron chi connectivity index (χ1n) is 7.06. The van der Waals surface area contributed by atoms with Gasteiger partial charge < -0.3 is 10.1 Å². The molecule has 0 saturated heterocycles. The predicted molar refractivity (Wildman–Crippen MR) is 76.4 cm³/mol. The van der Waals surface area contributed by atoms with Gasteiger partial charge in [0.05, 0.1) is 6.10 Å². The van der Waals surface area contributed by atoms with Gasteiger partial charge in [0.2, 0.25) is 0 Å². The highest BCUT2D eigenvalue weighted by molar-refractivity contribution is 5.42. The minimum Gasteiger partial charge on any atom is -0.491 e. The molecule has 0 spiro atoms. The van der Waals surface area contributed by atoms with Crippen LogP contribution >= 0.6 is 0 Å². The van der Waals surface area contributed by atoms with Crippen molar-refractivity contribution in [2.45, 2.75) is 52.1 Å². The zero-order valence-corrected chi connectivity index (χ0v) is 12.0. The van der Waals surface area contributed by atoms with Crippen molar-refractivity contribution in [1.82, 2.24) is 5.32 Å². The van der Waals surface area contributed by atoms with Crippen molar-refractivity contribution in [3.05, 3.63) is 29.3 Å². The predicted octanol–water partition coefficient (Wildman–Crippen LogP) is 3.42. The zero-order valence-electron chi connectivity index (χ0n) is 12.0. The molecule has 2 nitrogen and oxygen atoms in total. The fourth-order valence-corrected chi connectivity index (χ4v) is 2.45. The van der Waals surface area contributed by atoms with Crippen molar-refractivity contribution in [3.8, 4) is 5.75 Å². The molecule has 18 heavy (non-hydrogen) atoms. The smallest absolute Gasteiger partial charge is 0.122 e. The summed E-state index contributed by atoms with van der Waals surface area (Å²) >= 11 is 0. The molecule has 0 aromatic heterocycles. The monoisotopic (exact) mass is 247 g/mol. The minimum atomic E-state index is 0.242. The number of likely N-dealkylation sites (N-methyl/N-ethyl adjacent to an activating group) is 1. The first-order chi connectivity index (χ1) is 8.57. The third-order valence-electron chi connectivity index (χ3n) is 3.72. The van der Waals surface area contributed by atoms with Gasteiger partial charge in [0, 0.05) is 12.0 Å². The fourth-order valence-electron chi connectivity index (χ4n) is 2.45. The van der Waals surface area contributed by atoms with E-state index in [-0.39, 0.29) is 6.10 Å². The summed E-state index contributed by atoms with van der Waals surface area (Å²) in [5.74, 6) is 1.02. The zero-order chi connectivity index (χ0) is 13.2. The van der Waals surface area contributed by atoms with E-state index in [4.69, 9.17) is 4.74 Å². The van der Waals surface area contributed by atoms with E-state index < -0.39 is 0 Å². The minimum absolute atomic E-state index is 0.242. The third-order valence-corrected chi connectivity index (χ3v) is 3.72. The number of benzene rings is 1. The molecule has 1 N–H and O–H groups in total. The highest BCUT2D eigenvalue weighted by Gasteiger charge is 2.43. The van der Waals surface area contributed by atoms with Gasteiger partial charge in [-0.15, -0.1) is 0 Å². The van der Waals surface area contributed by atoms with Gasteiger partial charge in [0.25, 0.3) is 0 Å². The Morgan fingerprint density at radius 3 is 2.56 bits per heavy atom. The normalized spacial score (nSPS) is 16.9. The molecule has 0 aliphatic heterocycles. The van der Waals surface area contributed by atoms with Crippen LogP contribution in [0.25, 0.3) is 0 Å². The highest BCUT2D eigenvalue weighted by atomic mass is 16.5. The first-order valence-corrected chi connectivity index (χ1v) is 7.06. The van der Waals surface area contributed by atoms with Gasteiger partial charge in [-0.25, -0.2) is 0 Å². The quantitative estimate of drug-likeness (QED) is 0.831. The number of ether oxygens (including phenoxy) is 1. The molecule has 0 heterocycles. The molecule has 100 valence electrons. The van der Waals surface area contributed by atoms with E-state index in [0.717, 1.165) is 18.8 Å². The van der Waals surface area contributed by atoms with E-state index in [1.54, 1.807) is 0 Å². The van der Waals surface area contributed by atoms with Crippen LogP contribution < -0.4 is 10.1 Å². The van der Waals surface area contributed by atoms with Crippen molar-refractivity contribution < 1.29 is 4.74 Å². The first kappa shape index (κ1) is 13.4. The average Bonchev–Trinajstić information content (AvgIpc) is 3.10. The average molecular weight is 247 g/mol. The van der Waals surface area contributed by atoms with Crippen LogP contribution in [0.3, 0.4) is 0 Å². The van der Waals surface area contributed by atoms with Gasteiger partial charge in [-0.2, -0.15) is 0 Å². The fraction of sp³-hybridized carbons (Fsp3) is 0.625. The molecule has 1 fully saturated rings. The van der Waals surface area contributed by atoms with E-state index >= 15 is 0 Å². The number of aryl methyl sites for hydroxylation is 1. The Kier molecular flexibility index (Phi) is 3.96. The van der Waals surface area contributed by atoms with Gasteiger partial charge in [0.15, 0.2) is 0 Å². The Morgan fingerprint density at radius 2 is 2.06 bits per heavy atom. The maximum atomic E-state index is 5.80. The molecular weight excluding hydrogens is 222 g/mol. The van der Waals surface area contributed by atoms with E-state index in [1.807, 2.05) is 0 Å². The maximum Gasteiger partial charge on any atom is 0.122 e. The highest BCUT2D eigenvalue weighted by Crippen LogP contribution is 2.48. The Hall–Kier alpha value is -1.02. The second-order valence-electron chi connectivity index (χ2n) is 5.71. The van der Waals surface area contributed by atoms with Crippen LogP contribution in [0.4, 0.5) is 0 Å². The van der Waals surface area contributed by atoms with Crippen LogP contribution in [0, 0.1) is 6.92 Å². The van der Waals surface area contributed by atoms with Crippen LogP contribution in [0.15, 0.2) is 18.2 Å². The maximum absolute atomic E-state index is 5.80. The molecule has 1 saturated carbocycles. The summed E-state index contributed by atoms with van der Waals surface area (Å²) in [7, 11) is 0. The molecule has 1 aliphatic rings. The molecule has 0 amide bonds. The van der Waals surface area contributed by atoms with E-state index in [9.17, 15) is 0 Å². The summed E-state index contributed by atoms with van der Waals surface area (Å²) in [6.45, 7) is 10.6. The molecule has 1 aliphatic carbocycles. The van der Waals surface area contributed by atoms with Crippen LogP contribution in [0.5, 0.6) is 5.75 Å². The molecule has 0 radical (unpaired) electrons. The molecule has 1 aromatic rings. The van der Waals surface area contributed by atoms with Gasteiger partial charge in [-0.3, -0.25) is 0 Å². The third kappa shape index (κ3) is 2.86. The van der Waals surface area contributed by atoms with Gasteiger partial charge >= 0.3 is 0 Å². The molecular formula is C16H25NO. The van der Waals surface area contributed by atoms with Crippen LogP contribution in [0.1, 0.15) is 44.7 Å². The lowest BCUT2D eigenvalue weighted by molar-refractivity contribution is 0.240. The largest absolute Gasteiger partial charge is 0.491 e.